The summed E-state index contributed by atoms with van der Waals surface area (Å²) in [5.74, 6) is 1.31. The lowest BCUT2D eigenvalue weighted by atomic mass is 10.0. The Balaban J connectivity index is 1.38. The average Bonchev–Trinajstić information content (AvgIpc) is 3.53. The van der Waals surface area contributed by atoms with Gasteiger partial charge in [0.25, 0.3) is 5.91 Å². The normalized spacial score (nSPS) is 22.4. The van der Waals surface area contributed by atoms with E-state index in [4.69, 9.17) is 14.2 Å². The smallest absolute Gasteiger partial charge is 0.255 e. The molecule has 4 rings (SSSR count). The Bertz CT molecular complexity index is 648. The molecule has 1 amide bonds. The SMILES string of the molecule is COc1ccc(C(=O)NC2CC2)c(OC2CCN(C3CCOCC3)CC2)c1. The van der Waals surface area contributed by atoms with Gasteiger partial charge < -0.3 is 19.5 Å². The summed E-state index contributed by atoms with van der Waals surface area (Å²) in [7, 11) is 1.63. The van der Waals surface area contributed by atoms with Crippen molar-refractivity contribution in [3.05, 3.63) is 23.8 Å². The number of nitrogens with zero attached hydrogens (tertiary/aromatic N) is 1. The molecule has 27 heavy (non-hydrogen) atoms. The number of likely N-dealkylation sites (tertiary alicyclic amines) is 1. The summed E-state index contributed by atoms with van der Waals surface area (Å²) >= 11 is 0. The van der Waals surface area contributed by atoms with Crippen LogP contribution in [-0.4, -0.2) is 62.4 Å². The van der Waals surface area contributed by atoms with Gasteiger partial charge in [-0.25, -0.2) is 0 Å². The Morgan fingerprint density at radius 3 is 2.52 bits per heavy atom. The molecule has 6 nitrogen and oxygen atoms in total. The molecular weight excluding hydrogens is 344 g/mol. The number of piperidine rings is 1. The van der Waals surface area contributed by atoms with Crippen LogP contribution >= 0.6 is 0 Å². The largest absolute Gasteiger partial charge is 0.497 e. The third-order valence-corrected chi connectivity index (χ3v) is 5.82. The molecule has 2 heterocycles. The predicted molar refractivity (Wildman–Crippen MR) is 103 cm³/mol. The van der Waals surface area contributed by atoms with Gasteiger partial charge in [-0.1, -0.05) is 0 Å². The van der Waals surface area contributed by atoms with Gasteiger partial charge in [0.2, 0.25) is 0 Å². The van der Waals surface area contributed by atoms with Crippen LogP contribution < -0.4 is 14.8 Å². The van der Waals surface area contributed by atoms with E-state index < -0.39 is 0 Å². The molecule has 3 fully saturated rings. The van der Waals surface area contributed by atoms with E-state index in [2.05, 4.69) is 10.2 Å². The lowest BCUT2D eigenvalue weighted by Crippen LogP contribution is -2.46. The number of amides is 1. The maximum atomic E-state index is 12.6. The van der Waals surface area contributed by atoms with Gasteiger partial charge in [0, 0.05) is 44.5 Å². The molecule has 0 radical (unpaired) electrons. The van der Waals surface area contributed by atoms with Crippen LogP contribution in [0.5, 0.6) is 11.5 Å². The fraction of sp³-hybridized carbons (Fsp3) is 0.667. The molecule has 6 heteroatoms. The summed E-state index contributed by atoms with van der Waals surface area (Å²) in [5, 5.41) is 3.06. The fourth-order valence-corrected chi connectivity index (χ4v) is 3.99. The van der Waals surface area contributed by atoms with Crippen LogP contribution in [0.15, 0.2) is 18.2 Å². The second-order valence-corrected chi connectivity index (χ2v) is 7.81. The molecule has 1 saturated carbocycles. The number of hydrogen-bond donors (Lipinski definition) is 1. The van der Waals surface area contributed by atoms with Gasteiger partial charge in [-0.3, -0.25) is 9.69 Å². The quantitative estimate of drug-likeness (QED) is 0.829. The van der Waals surface area contributed by atoms with E-state index in [1.54, 1.807) is 7.11 Å². The van der Waals surface area contributed by atoms with Crippen LogP contribution in [0.1, 0.15) is 48.9 Å². The number of nitrogens with one attached hydrogen (secondary N) is 1. The molecule has 0 spiro atoms. The summed E-state index contributed by atoms with van der Waals surface area (Å²) in [6.07, 6.45) is 6.52. The molecule has 0 bridgehead atoms. The Hall–Kier alpha value is -1.79. The van der Waals surface area contributed by atoms with Crippen LogP contribution in [0.2, 0.25) is 0 Å². The van der Waals surface area contributed by atoms with E-state index in [0.717, 1.165) is 64.8 Å². The summed E-state index contributed by atoms with van der Waals surface area (Å²) in [6, 6.07) is 6.45. The molecule has 0 aromatic heterocycles. The first-order valence-electron chi connectivity index (χ1n) is 10.2. The van der Waals surface area contributed by atoms with Crippen LogP contribution in [-0.2, 0) is 4.74 Å². The molecule has 0 unspecified atom stereocenters. The summed E-state index contributed by atoms with van der Waals surface area (Å²) in [6.45, 7) is 3.85. The molecule has 1 aliphatic carbocycles. The second-order valence-electron chi connectivity index (χ2n) is 7.81. The van der Waals surface area contributed by atoms with Crippen LogP contribution in [0.3, 0.4) is 0 Å². The van der Waals surface area contributed by atoms with E-state index in [9.17, 15) is 4.79 Å². The number of carbonyl (C=O) groups excluding carboxylic acids is 1. The molecule has 1 N–H and O–H groups in total. The predicted octanol–water partition coefficient (Wildman–Crippen LogP) is 2.61. The molecule has 0 atom stereocenters. The molecule has 1 aromatic carbocycles. The zero-order valence-corrected chi connectivity index (χ0v) is 16.1. The van der Waals surface area contributed by atoms with Gasteiger partial charge >= 0.3 is 0 Å². The van der Waals surface area contributed by atoms with Gasteiger partial charge in [0.1, 0.15) is 17.6 Å². The monoisotopic (exact) mass is 374 g/mol. The third kappa shape index (κ3) is 4.74. The van der Waals surface area contributed by atoms with E-state index in [-0.39, 0.29) is 12.0 Å². The van der Waals surface area contributed by atoms with Gasteiger partial charge in [-0.05, 0) is 50.7 Å². The number of rotatable bonds is 6. The Kier molecular flexibility index (Phi) is 5.83. The Labute approximate surface area is 161 Å². The second kappa shape index (κ2) is 8.48. The highest BCUT2D eigenvalue weighted by molar-refractivity contribution is 5.97. The van der Waals surface area contributed by atoms with Crippen molar-refractivity contribution in [2.45, 2.75) is 56.7 Å². The maximum Gasteiger partial charge on any atom is 0.255 e. The average molecular weight is 374 g/mol. The van der Waals surface area contributed by atoms with Gasteiger partial charge in [-0.15, -0.1) is 0 Å². The molecule has 2 saturated heterocycles. The lowest BCUT2D eigenvalue weighted by Gasteiger charge is -2.39. The molecule has 148 valence electrons. The van der Waals surface area contributed by atoms with Gasteiger partial charge in [0.15, 0.2) is 0 Å². The first-order valence-corrected chi connectivity index (χ1v) is 10.2. The molecule has 2 aliphatic heterocycles. The number of hydrogen-bond acceptors (Lipinski definition) is 5. The van der Waals surface area contributed by atoms with Gasteiger partial charge in [-0.2, -0.15) is 0 Å². The third-order valence-electron chi connectivity index (χ3n) is 5.82. The van der Waals surface area contributed by atoms with Crippen molar-refractivity contribution in [3.63, 3.8) is 0 Å². The molecular formula is C21H30N2O4. The number of methoxy groups -OCH3 is 1. The minimum absolute atomic E-state index is 0.0465. The minimum atomic E-state index is -0.0465. The summed E-state index contributed by atoms with van der Waals surface area (Å²) in [4.78, 5) is 15.1. The highest BCUT2D eigenvalue weighted by Gasteiger charge is 2.29. The van der Waals surface area contributed by atoms with Crippen molar-refractivity contribution in [3.8, 4) is 11.5 Å². The molecule has 1 aromatic rings. The number of ether oxygens (including phenoxy) is 3. The summed E-state index contributed by atoms with van der Waals surface area (Å²) < 4.78 is 17.1. The van der Waals surface area contributed by atoms with Crippen LogP contribution in [0.25, 0.3) is 0 Å². The van der Waals surface area contributed by atoms with Crippen molar-refractivity contribution in [1.82, 2.24) is 10.2 Å². The lowest BCUT2D eigenvalue weighted by molar-refractivity contribution is 0.00999. The van der Waals surface area contributed by atoms with E-state index in [1.165, 1.54) is 0 Å². The van der Waals surface area contributed by atoms with E-state index >= 15 is 0 Å². The zero-order valence-electron chi connectivity index (χ0n) is 16.1. The Morgan fingerprint density at radius 2 is 1.85 bits per heavy atom. The highest BCUT2D eigenvalue weighted by Crippen LogP contribution is 2.30. The highest BCUT2D eigenvalue weighted by atomic mass is 16.5. The van der Waals surface area contributed by atoms with Crippen molar-refractivity contribution in [2.75, 3.05) is 33.4 Å². The van der Waals surface area contributed by atoms with Crippen molar-refractivity contribution in [2.24, 2.45) is 0 Å². The topological polar surface area (TPSA) is 60.0 Å². The van der Waals surface area contributed by atoms with E-state index in [0.29, 0.717) is 29.1 Å². The first-order chi connectivity index (χ1) is 13.2. The Morgan fingerprint density at radius 1 is 1.11 bits per heavy atom. The van der Waals surface area contributed by atoms with Gasteiger partial charge in [0.05, 0.1) is 12.7 Å². The van der Waals surface area contributed by atoms with Crippen molar-refractivity contribution in [1.29, 1.82) is 0 Å². The van der Waals surface area contributed by atoms with Crippen LogP contribution in [0.4, 0.5) is 0 Å². The first kappa shape index (κ1) is 18.6. The number of benzene rings is 1. The maximum absolute atomic E-state index is 12.6. The summed E-state index contributed by atoms with van der Waals surface area (Å²) in [5.41, 5.74) is 0.606. The van der Waals surface area contributed by atoms with Crippen molar-refractivity contribution >= 4 is 5.91 Å². The minimum Gasteiger partial charge on any atom is -0.497 e. The van der Waals surface area contributed by atoms with Crippen LogP contribution in [0, 0.1) is 0 Å². The van der Waals surface area contributed by atoms with Crippen molar-refractivity contribution < 1.29 is 19.0 Å². The number of carbonyl (C=O) groups is 1. The van der Waals surface area contributed by atoms with E-state index in [1.807, 2.05) is 18.2 Å². The molecule has 3 aliphatic rings. The fourth-order valence-electron chi connectivity index (χ4n) is 3.99. The zero-order chi connectivity index (χ0) is 18.6. The standard InChI is InChI=1S/C21H30N2O4/c1-25-18-4-5-19(21(24)22-15-2-3-15)20(14-18)27-17-6-10-23(11-7-17)16-8-12-26-13-9-16/h4-5,14-17H,2-3,6-13H2,1H3,(H,22,24).